The number of hydrogen-bond donors (Lipinski definition) is 11. The molecule has 4 rings (SSSR count). The number of guanidine groups is 2. The third-order valence-electron chi connectivity index (χ3n) is 8.84. The summed E-state index contributed by atoms with van der Waals surface area (Å²) < 4.78 is 5.67. The van der Waals surface area contributed by atoms with Crippen molar-refractivity contribution in [2.45, 2.75) is 182 Å². The van der Waals surface area contributed by atoms with Crippen LogP contribution in [-0.4, -0.2) is 83.0 Å². The molecular weight excluding hydrogens is 891 g/mol. The lowest BCUT2D eigenvalue weighted by Gasteiger charge is -2.21. The summed E-state index contributed by atoms with van der Waals surface area (Å²) in [4.78, 5) is 12.7. The maximum atomic E-state index is 8.13. The number of hydrazone groups is 1. The summed E-state index contributed by atoms with van der Waals surface area (Å²) in [5, 5.41) is 39.1. The third-order valence-corrected chi connectivity index (χ3v) is 8.84. The lowest BCUT2D eigenvalue weighted by atomic mass is 9.86. The van der Waals surface area contributed by atoms with Gasteiger partial charge in [-0.25, -0.2) is 10.4 Å². The highest BCUT2D eigenvalue weighted by molar-refractivity contribution is 6.01. The van der Waals surface area contributed by atoms with E-state index in [0.29, 0.717) is 5.71 Å². The van der Waals surface area contributed by atoms with Crippen LogP contribution in [0.4, 0.5) is 0 Å². The van der Waals surface area contributed by atoms with Gasteiger partial charge in [0.15, 0.2) is 5.96 Å². The Morgan fingerprint density at radius 3 is 1.42 bits per heavy atom. The minimum Gasteiger partial charge on any atom is -0.488 e. The van der Waals surface area contributed by atoms with Crippen molar-refractivity contribution in [3.63, 3.8) is 0 Å². The van der Waals surface area contributed by atoms with Crippen LogP contribution in [0.3, 0.4) is 0 Å². The Bertz CT molecular complexity index is 2030. The lowest BCUT2D eigenvalue weighted by Crippen LogP contribution is -2.31. The molecule has 0 saturated carbocycles. The topological polar surface area (TPSA) is 317 Å². The minimum absolute atomic E-state index is 0.0302. The highest BCUT2D eigenvalue weighted by Gasteiger charge is 2.21. The van der Waals surface area contributed by atoms with Crippen LogP contribution in [0.25, 0.3) is 0 Å². The third kappa shape index (κ3) is 39.4. The van der Waals surface area contributed by atoms with Gasteiger partial charge in [0.05, 0.1) is 17.9 Å². The van der Waals surface area contributed by atoms with Gasteiger partial charge in [0.25, 0.3) is 0 Å². The Kier molecular flexibility index (Phi) is 29.9. The smallest absolute Gasteiger partial charge is 0.206 e. The fourth-order valence-electron chi connectivity index (χ4n) is 4.80. The molecule has 0 atom stereocenters. The standard InChI is InChI=1S/C14H19N.C12H17NO.C7H14N2.C6H14N4.C5H13N3.C5H12N2O.C5H12N2/c1-14(2,3)12-8-6-11(7-9-12)13-5-4-10-15-13;1-9(13)10-5-7-11(8-6-10)14-12(2,3)4;1-7(2,3)6-8-4-5-9-6;1-6(2,3)4-9-10-5(7)8;1-5(2,3)8-4(6)7;1-5(2,3)4(6)7-8;1-5(2,3)4(6)7/h6-9H,4-5,10H2,1-3H3;5-8,13H,1-4H3;4-5H2,1-3H3,(H,8,9);4H,1-3H3,(H4,7,8,10);1-3H3,(H4,6,7,8);8H,1-3H3,(H2,6,7);1-3H3,(H3,6,7)/b;;;9-4+;;;. The molecule has 0 amide bonds. The van der Waals surface area contributed by atoms with Crippen LogP contribution in [0.1, 0.15) is 182 Å². The van der Waals surface area contributed by atoms with E-state index in [1.165, 1.54) is 23.3 Å². The number of rotatable bonds is 4. The van der Waals surface area contributed by atoms with Crippen LogP contribution in [0.5, 0.6) is 5.75 Å². The highest BCUT2D eigenvalue weighted by Crippen LogP contribution is 2.24. The molecule has 0 saturated heterocycles. The van der Waals surface area contributed by atoms with Crippen molar-refractivity contribution < 1.29 is 9.94 Å². The Hall–Kier alpha value is -6.00. The molecule has 0 aromatic heterocycles. The van der Waals surface area contributed by atoms with Gasteiger partial charge in [-0.05, 0) is 113 Å². The number of nitrogens with one attached hydrogen (secondary N) is 5. The molecule has 2 aliphatic heterocycles. The van der Waals surface area contributed by atoms with Gasteiger partial charge in [-0.15, -0.1) is 0 Å². The summed E-state index contributed by atoms with van der Waals surface area (Å²) >= 11 is 0. The molecule has 2 aromatic carbocycles. The first-order chi connectivity index (χ1) is 31.8. The average Bonchev–Trinajstić information content (AvgIpc) is 3.93. The van der Waals surface area contributed by atoms with Crippen LogP contribution >= 0.6 is 0 Å². The first kappa shape index (κ1) is 69.3. The highest BCUT2D eigenvalue weighted by atomic mass is 16.5. The van der Waals surface area contributed by atoms with E-state index in [-0.39, 0.29) is 61.8 Å². The van der Waals surface area contributed by atoms with Gasteiger partial charge in [0.2, 0.25) is 5.96 Å². The van der Waals surface area contributed by atoms with E-state index < -0.39 is 0 Å². The van der Waals surface area contributed by atoms with E-state index in [1.54, 1.807) is 13.1 Å². The fourth-order valence-corrected chi connectivity index (χ4v) is 4.80. The van der Waals surface area contributed by atoms with Crippen molar-refractivity contribution in [1.29, 1.82) is 16.2 Å². The molecule has 404 valence electrons. The maximum Gasteiger partial charge on any atom is 0.206 e. The van der Waals surface area contributed by atoms with Crippen LogP contribution in [0.15, 0.2) is 73.8 Å². The monoisotopic (exact) mass is 992 g/mol. The SMILES string of the molecule is CC(=N)c1ccc(OC(C)(C)C)cc1.CC(C)(C)/C=N/NC(=N)N.CC(C)(C)C(=N)N.CC(C)(C)C(N)=NO.CC(C)(C)C1=NCCN1.CC(C)(C)N=C(N)N.CC(C)(C)c1ccc(C2=NCCC2)cc1. The van der Waals surface area contributed by atoms with E-state index >= 15 is 0 Å². The summed E-state index contributed by atoms with van der Waals surface area (Å²) in [6.45, 7) is 47.3. The Morgan fingerprint density at radius 2 is 1.18 bits per heavy atom. The number of benzene rings is 2. The maximum absolute atomic E-state index is 8.13. The van der Waals surface area contributed by atoms with Crippen molar-refractivity contribution in [3.05, 3.63) is 65.2 Å². The molecule has 2 aromatic rings. The van der Waals surface area contributed by atoms with Crippen molar-refractivity contribution in [2.75, 3.05) is 19.6 Å². The summed E-state index contributed by atoms with van der Waals surface area (Å²) in [6.07, 6.45) is 4.07. The van der Waals surface area contributed by atoms with Crippen molar-refractivity contribution >= 4 is 47.1 Å². The zero-order valence-corrected chi connectivity index (χ0v) is 48.2. The van der Waals surface area contributed by atoms with Gasteiger partial charge in [0, 0.05) is 47.0 Å². The normalized spacial score (nSPS) is 13.7. The molecule has 0 aliphatic carbocycles. The fraction of sp³-hybridized carbons (Fsp3) is 0.630. The van der Waals surface area contributed by atoms with E-state index in [9.17, 15) is 0 Å². The summed E-state index contributed by atoms with van der Waals surface area (Å²) in [6, 6.07) is 16.5. The number of oxime groups is 1. The van der Waals surface area contributed by atoms with Gasteiger partial charge < -0.3 is 49.3 Å². The van der Waals surface area contributed by atoms with Gasteiger partial charge in [-0.2, -0.15) is 5.10 Å². The van der Waals surface area contributed by atoms with Crippen molar-refractivity contribution in [1.82, 2.24) is 10.7 Å². The predicted octanol–water partition coefficient (Wildman–Crippen LogP) is 10.2. The molecule has 0 radical (unpaired) electrons. The van der Waals surface area contributed by atoms with Gasteiger partial charge in [0.1, 0.15) is 23.0 Å². The number of aliphatic imine (C=N–C) groups is 3. The average molecular weight is 993 g/mol. The van der Waals surface area contributed by atoms with Crippen LogP contribution in [0.2, 0.25) is 0 Å². The number of amidine groups is 3. The lowest BCUT2D eigenvalue weighted by molar-refractivity contribution is 0.131. The molecule has 0 spiro atoms. The summed E-state index contributed by atoms with van der Waals surface area (Å²) in [5.41, 5.74) is 33.3. The van der Waals surface area contributed by atoms with E-state index in [2.05, 4.69) is 102 Å². The molecule has 0 unspecified atom stereocenters. The summed E-state index contributed by atoms with van der Waals surface area (Å²) in [5.74, 6) is 2.52. The first-order valence-electron chi connectivity index (χ1n) is 24.2. The van der Waals surface area contributed by atoms with Crippen molar-refractivity contribution in [2.24, 2.45) is 75.6 Å². The second-order valence-corrected chi connectivity index (χ2v) is 24.3. The molecule has 2 aliphatic rings. The van der Waals surface area contributed by atoms with Crippen LogP contribution in [0, 0.1) is 37.9 Å². The number of nitrogens with two attached hydrogens (primary N) is 5. The largest absolute Gasteiger partial charge is 0.488 e. The molecule has 71 heavy (non-hydrogen) atoms. The predicted molar refractivity (Wildman–Crippen MR) is 308 cm³/mol. The second-order valence-electron chi connectivity index (χ2n) is 24.3. The van der Waals surface area contributed by atoms with Crippen LogP contribution < -0.4 is 44.1 Å². The zero-order chi connectivity index (χ0) is 56.4. The van der Waals surface area contributed by atoms with Crippen LogP contribution in [-0.2, 0) is 5.41 Å². The molecule has 0 fully saturated rings. The van der Waals surface area contributed by atoms with E-state index in [0.717, 1.165) is 43.2 Å². The minimum atomic E-state index is -0.214. The number of nitrogens with zero attached hydrogens (tertiary/aromatic N) is 5. The molecule has 17 nitrogen and oxygen atoms in total. The molecular formula is C54H101N15O2. The Morgan fingerprint density at radius 1 is 0.690 bits per heavy atom. The molecule has 17 heteroatoms. The van der Waals surface area contributed by atoms with Crippen molar-refractivity contribution in [3.8, 4) is 5.75 Å². The Labute approximate surface area is 430 Å². The number of ether oxygens (including phenoxy) is 1. The van der Waals surface area contributed by atoms with E-state index in [1.807, 2.05) is 128 Å². The van der Waals surface area contributed by atoms with Gasteiger partial charge >= 0.3 is 0 Å². The number of hydrogen-bond acceptors (Lipinski definition) is 11. The van der Waals surface area contributed by atoms with E-state index in [4.69, 9.17) is 54.8 Å². The quantitative estimate of drug-likeness (QED) is 0.0600. The Balaban J connectivity index is -0.000000775. The summed E-state index contributed by atoms with van der Waals surface area (Å²) in [7, 11) is 0. The zero-order valence-electron chi connectivity index (χ0n) is 48.2. The van der Waals surface area contributed by atoms with Gasteiger partial charge in [-0.3, -0.25) is 20.8 Å². The molecule has 0 bridgehead atoms. The molecule has 16 N–H and O–H groups in total. The molecule has 2 heterocycles. The second kappa shape index (κ2) is 30.7. The van der Waals surface area contributed by atoms with Gasteiger partial charge in [-0.1, -0.05) is 133 Å². The first-order valence-corrected chi connectivity index (χ1v) is 24.2.